The number of benzene rings is 1. The maximum Gasteiger partial charge on any atom is 0.274 e. The topological polar surface area (TPSA) is 66.9 Å². The standard InChI is InChI=1S/C19H24N4O/c1-3-14-8-6-7-13(2)18(14)23-19(24)16-11-17(21-12-20-16)22-15-9-4-5-10-15/h6-8,11-12,15H,3-5,9-10H2,1-2H3,(H,23,24)(H,20,21,22). The molecule has 1 amide bonds. The Kier molecular flexibility index (Phi) is 5.08. The van der Waals surface area contributed by atoms with Crippen LogP contribution in [0.3, 0.4) is 0 Å². The molecule has 24 heavy (non-hydrogen) atoms. The molecular formula is C19H24N4O. The number of nitrogens with one attached hydrogen (secondary N) is 2. The first-order valence-electron chi connectivity index (χ1n) is 8.65. The Morgan fingerprint density at radius 1 is 1.25 bits per heavy atom. The zero-order valence-corrected chi connectivity index (χ0v) is 14.3. The predicted octanol–water partition coefficient (Wildman–Crippen LogP) is 3.95. The maximum atomic E-state index is 12.6. The molecule has 0 saturated heterocycles. The van der Waals surface area contributed by atoms with Gasteiger partial charge in [0.15, 0.2) is 0 Å². The van der Waals surface area contributed by atoms with Gasteiger partial charge in [0.2, 0.25) is 0 Å². The van der Waals surface area contributed by atoms with Gasteiger partial charge in [0.25, 0.3) is 5.91 Å². The van der Waals surface area contributed by atoms with Gasteiger partial charge in [-0.3, -0.25) is 4.79 Å². The predicted molar refractivity (Wildman–Crippen MR) is 96.4 cm³/mol. The molecule has 1 aliphatic rings. The number of hydrogen-bond acceptors (Lipinski definition) is 4. The van der Waals surface area contributed by atoms with E-state index in [1.165, 1.54) is 19.2 Å². The van der Waals surface area contributed by atoms with Crippen LogP contribution in [0.5, 0.6) is 0 Å². The first-order chi connectivity index (χ1) is 11.7. The van der Waals surface area contributed by atoms with E-state index in [0.29, 0.717) is 11.7 Å². The van der Waals surface area contributed by atoms with E-state index < -0.39 is 0 Å². The summed E-state index contributed by atoms with van der Waals surface area (Å²) < 4.78 is 0. The number of rotatable bonds is 5. The van der Waals surface area contributed by atoms with Gasteiger partial charge in [-0.1, -0.05) is 38.0 Å². The Balaban J connectivity index is 1.75. The van der Waals surface area contributed by atoms with E-state index in [-0.39, 0.29) is 5.91 Å². The van der Waals surface area contributed by atoms with Crippen LogP contribution in [-0.2, 0) is 6.42 Å². The van der Waals surface area contributed by atoms with E-state index in [2.05, 4.69) is 27.5 Å². The fraction of sp³-hybridized carbons (Fsp3) is 0.421. The molecule has 0 unspecified atom stereocenters. The minimum Gasteiger partial charge on any atom is -0.367 e. The number of anilines is 2. The van der Waals surface area contributed by atoms with Crippen LogP contribution in [0.4, 0.5) is 11.5 Å². The molecule has 1 aromatic heterocycles. The molecule has 1 fully saturated rings. The van der Waals surface area contributed by atoms with Gasteiger partial charge in [0, 0.05) is 17.8 Å². The van der Waals surface area contributed by atoms with Crippen molar-refractivity contribution in [1.29, 1.82) is 0 Å². The summed E-state index contributed by atoms with van der Waals surface area (Å²) in [7, 11) is 0. The number of aryl methyl sites for hydroxylation is 2. The molecule has 5 nitrogen and oxygen atoms in total. The fourth-order valence-corrected chi connectivity index (χ4v) is 3.22. The molecule has 0 radical (unpaired) electrons. The van der Waals surface area contributed by atoms with Crippen molar-refractivity contribution in [3.63, 3.8) is 0 Å². The maximum absolute atomic E-state index is 12.6. The van der Waals surface area contributed by atoms with E-state index in [0.717, 1.165) is 41.9 Å². The summed E-state index contributed by atoms with van der Waals surface area (Å²) in [6.45, 7) is 4.08. The Hall–Kier alpha value is -2.43. The molecular weight excluding hydrogens is 300 g/mol. The zero-order valence-electron chi connectivity index (χ0n) is 14.3. The van der Waals surface area contributed by atoms with E-state index in [9.17, 15) is 4.79 Å². The molecule has 1 heterocycles. The highest BCUT2D eigenvalue weighted by Gasteiger charge is 2.17. The molecule has 0 spiro atoms. The van der Waals surface area contributed by atoms with E-state index in [4.69, 9.17) is 0 Å². The van der Waals surface area contributed by atoms with Gasteiger partial charge in [-0.15, -0.1) is 0 Å². The van der Waals surface area contributed by atoms with E-state index >= 15 is 0 Å². The number of para-hydroxylation sites is 1. The van der Waals surface area contributed by atoms with Crippen LogP contribution in [0.25, 0.3) is 0 Å². The largest absolute Gasteiger partial charge is 0.367 e. The number of amides is 1. The van der Waals surface area contributed by atoms with E-state index in [1.807, 2.05) is 25.1 Å². The molecule has 3 rings (SSSR count). The summed E-state index contributed by atoms with van der Waals surface area (Å²) in [4.78, 5) is 21.0. The Morgan fingerprint density at radius 2 is 2.04 bits per heavy atom. The quantitative estimate of drug-likeness (QED) is 0.874. The molecule has 0 atom stereocenters. The molecule has 0 bridgehead atoms. The van der Waals surface area contributed by atoms with Gasteiger partial charge in [0.1, 0.15) is 17.8 Å². The van der Waals surface area contributed by atoms with Gasteiger partial charge < -0.3 is 10.6 Å². The summed E-state index contributed by atoms with van der Waals surface area (Å²) in [5, 5.41) is 6.41. The van der Waals surface area contributed by atoms with Gasteiger partial charge in [-0.05, 0) is 37.3 Å². The number of carbonyl (C=O) groups excluding carboxylic acids is 1. The molecule has 1 saturated carbocycles. The lowest BCUT2D eigenvalue weighted by molar-refractivity contribution is 0.102. The highest BCUT2D eigenvalue weighted by atomic mass is 16.1. The highest BCUT2D eigenvalue weighted by Crippen LogP contribution is 2.23. The molecule has 126 valence electrons. The lowest BCUT2D eigenvalue weighted by Gasteiger charge is -2.14. The smallest absolute Gasteiger partial charge is 0.274 e. The first-order valence-corrected chi connectivity index (χ1v) is 8.65. The van der Waals surface area contributed by atoms with Crippen molar-refractivity contribution >= 4 is 17.4 Å². The Morgan fingerprint density at radius 3 is 2.79 bits per heavy atom. The third kappa shape index (κ3) is 3.72. The SMILES string of the molecule is CCc1cccc(C)c1NC(=O)c1cc(NC2CCCC2)ncn1. The van der Waals surface area contributed by atoms with Crippen molar-refractivity contribution < 1.29 is 4.79 Å². The van der Waals surface area contributed by atoms with Crippen LogP contribution in [0.1, 0.15) is 54.2 Å². The second kappa shape index (κ2) is 7.43. The van der Waals surface area contributed by atoms with E-state index in [1.54, 1.807) is 6.07 Å². The van der Waals surface area contributed by atoms with Crippen molar-refractivity contribution in [2.45, 2.75) is 52.0 Å². The first kappa shape index (κ1) is 16.4. The molecule has 1 aromatic carbocycles. The number of nitrogens with zero attached hydrogens (tertiary/aromatic N) is 2. The van der Waals surface area contributed by atoms with Crippen LogP contribution in [0.2, 0.25) is 0 Å². The summed E-state index contributed by atoms with van der Waals surface area (Å²) >= 11 is 0. The molecule has 2 N–H and O–H groups in total. The molecule has 0 aliphatic heterocycles. The summed E-state index contributed by atoms with van der Waals surface area (Å²) in [6.07, 6.45) is 7.15. The van der Waals surface area contributed by atoms with Crippen LogP contribution < -0.4 is 10.6 Å². The number of carbonyl (C=O) groups is 1. The Labute approximate surface area is 142 Å². The van der Waals surface area contributed by atoms with Crippen LogP contribution in [-0.4, -0.2) is 21.9 Å². The van der Waals surface area contributed by atoms with Crippen molar-refractivity contribution in [3.05, 3.63) is 47.4 Å². The monoisotopic (exact) mass is 324 g/mol. The minimum absolute atomic E-state index is 0.198. The minimum atomic E-state index is -0.198. The van der Waals surface area contributed by atoms with Gasteiger partial charge in [0.05, 0.1) is 0 Å². The average Bonchev–Trinajstić information content (AvgIpc) is 3.10. The molecule has 5 heteroatoms. The van der Waals surface area contributed by atoms with Crippen molar-refractivity contribution in [2.75, 3.05) is 10.6 Å². The third-order valence-electron chi connectivity index (χ3n) is 4.59. The summed E-state index contributed by atoms with van der Waals surface area (Å²) in [5.74, 6) is 0.526. The van der Waals surface area contributed by atoms with Crippen molar-refractivity contribution in [1.82, 2.24) is 9.97 Å². The van der Waals surface area contributed by atoms with Gasteiger partial charge >= 0.3 is 0 Å². The average molecular weight is 324 g/mol. The van der Waals surface area contributed by atoms with Crippen LogP contribution >= 0.6 is 0 Å². The highest BCUT2D eigenvalue weighted by molar-refractivity contribution is 6.04. The molecule has 2 aromatic rings. The lowest BCUT2D eigenvalue weighted by atomic mass is 10.1. The second-order valence-electron chi connectivity index (χ2n) is 6.33. The van der Waals surface area contributed by atoms with Crippen LogP contribution in [0, 0.1) is 6.92 Å². The summed E-state index contributed by atoms with van der Waals surface area (Å²) in [6, 6.07) is 8.24. The van der Waals surface area contributed by atoms with Crippen molar-refractivity contribution in [3.8, 4) is 0 Å². The normalized spacial score (nSPS) is 14.6. The zero-order chi connectivity index (χ0) is 16.9. The second-order valence-corrected chi connectivity index (χ2v) is 6.33. The van der Waals surface area contributed by atoms with Crippen LogP contribution in [0.15, 0.2) is 30.6 Å². The van der Waals surface area contributed by atoms with Gasteiger partial charge in [-0.25, -0.2) is 9.97 Å². The Bertz CT molecular complexity index is 723. The number of aromatic nitrogens is 2. The van der Waals surface area contributed by atoms with Crippen molar-refractivity contribution in [2.24, 2.45) is 0 Å². The third-order valence-corrected chi connectivity index (χ3v) is 4.59. The summed E-state index contributed by atoms with van der Waals surface area (Å²) in [5.41, 5.74) is 3.45. The fourth-order valence-electron chi connectivity index (χ4n) is 3.22. The molecule has 1 aliphatic carbocycles. The lowest BCUT2D eigenvalue weighted by Crippen LogP contribution is -2.19. The number of hydrogen-bond donors (Lipinski definition) is 2. The van der Waals surface area contributed by atoms with Gasteiger partial charge in [-0.2, -0.15) is 0 Å².